The van der Waals surface area contributed by atoms with Gasteiger partial charge in [-0.25, -0.2) is 9.59 Å². The van der Waals surface area contributed by atoms with E-state index in [0.717, 1.165) is 18.7 Å². The number of likely N-dealkylation sites (N-methyl/N-ethyl adjacent to an activating group) is 1. The number of nitrogens with zero attached hydrogens (tertiary/aromatic N) is 1. The van der Waals surface area contributed by atoms with E-state index in [-0.39, 0.29) is 19.2 Å². The zero-order chi connectivity index (χ0) is 14.4. The standard InChI is InChI=1S/C7H13NO2.C5H8O3/c1-4-7(9)10-6-5-8(2)3;1-2-5(7)8-4-3-6/h4H,1,5-6H2,2-3H3;2,6H,1,3-4H2. The molecule has 0 saturated carbocycles. The number of hydrogen-bond donors (Lipinski definition) is 1. The van der Waals surface area contributed by atoms with Crippen LogP contribution in [0.2, 0.25) is 0 Å². The van der Waals surface area contributed by atoms with Crippen molar-refractivity contribution in [2.45, 2.75) is 0 Å². The maximum absolute atomic E-state index is 10.4. The molecule has 0 atom stereocenters. The Bertz CT molecular complexity index is 263. The van der Waals surface area contributed by atoms with Crippen LogP contribution in [0.4, 0.5) is 0 Å². The van der Waals surface area contributed by atoms with Crippen LogP contribution in [0.15, 0.2) is 25.3 Å². The van der Waals surface area contributed by atoms with Crippen LogP contribution in [0, 0.1) is 0 Å². The summed E-state index contributed by atoms with van der Waals surface area (Å²) in [6.07, 6.45) is 2.21. The predicted molar refractivity (Wildman–Crippen MR) is 68.0 cm³/mol. The molecule has 0 amide bonds. The molecule has 0 saturated heterocycles. The second kappa shape index (κ2) is 13.4. The molecule has 0 aromatic carbocycles. The van der Waals surface area contributed by atoms with Gasteiger partial charge in [0.2, 0.25) is 0 Å². The van der Waals surface area contributed by atoms with Crippen LogP contribution < -0.4 is 0 Å². The molecule has 6 heteroatoms. The van der Waals surface area contributed by atoms with E-state index in [4.69, 9.17) is 9.84 Å². The van der Waals surface area contributed by atoms with Crippen LogP contribution in [0.3, 0.4) is 0 Å². The second-order valence-corrected chi connectivity index (χ2v) is 3.27. The molecule has 0 unspecified atom stereocenters. The lowest BCUT2D eigenvalue weighted by molar-refractivity contribution is -0.139. The van der Waals surface area contributed by atoms with Gasteiger partial charge >= 0.3 is 11.9 Å². The van der Waals surface area contributed by atoms with E-state index in [1.165, 1.54) is 0 Å². The van der Waals surface area contributed by atoms with Crippen molar-refractivity contribution >= 4 is 11.9 Å². The molecule has 0 heterocycles. The van der Waals surface area contributed by atoms with Gasteiger partial charge in [-0.15, -0.1) is 0 Å². The zero-order valence-corrected chi connectivity index (χ0v) is 10.9. The summed E-state index contributed by atoms with van der Waals surface area (Å²) < 4.78 is 9.04. The van der Waals surface area contributed by atoms with Gasteiger partial charge in [-0.05, 0) is 14.1 Å². The van der Waals surface area contributed by atoms with Gasteiger partial charge in [-0.3, -0.25) is 0 Å². The molecule has 0 aromatic heterocycles. The second-order valence-electron chi connectivity index (χ2n) is 3.27. The molecule has 0 aliphatic rings. The van der Waals surface area contributed by atoms with E-state index >= 15 is 0 Å². The SMILES string of the molecule is C=CC(=O)OCCN(C)C.C=CC(=O)OCCO. The van der Waals surface area contributed by atoms with Crippen molar-refractivity contribution in [3.8, 4) is 0 Å². The topological polar surface area (TPSA) is 76.1 Å². The van der Waals surface area contributed by atoms with E-state index < -0.39 is 5.97 Å². The molecule has 6 nitrogen and oxygen atoms in total. The van der Waals surface area contributed by atoms with Crippen molar-refractivity contribution in [2.75, 3.05) is 40.5 Å². The number of esters is 2. The van der Waals surface area contributed by atoms with Crippen LogP contribution in [0.25, 0.3) is 0 Å². The molecule has 0 fully saturated rings. The van der Waals surface area contributed by atoms with E-state index in [0.29, 0.717) is 6.61 Å². The number of rotatable bonds is 7. The number of carbonyl (C=O) groups excluding carboxylic acids is 2. The van der Waals surface area contributed by atoms with Gasteiger partial charge in [0.05, 0.1) is 6.61 Å². The van der Waals surface area contributed by atoms with E-state index in [2.05, 4.69) is 17.9 Å². The molecule has 18 heavy (non-hydrogen) atoms. The molecule has 0 radical (unpaired) electrons. The highest BCUT2D eigenvalue weighted by Gasteiger charge is 1.94. The fraction of sp³-hybridized carbons (Fsp3) is 0.500. The Morgan fingerprint density at radius 1 is 1.11 bits per heavy atom. The van der Waals surface area contributed by atoms with Crippen molar-refractivity contribution in [2.24, 2.45) is 0 Å². The number of carbonyl (C=O) groups is 2. The Labute approximate surface area is 107 Å². The molecule has 104 valence electrons. The lowest BCUT2D eigenvalue weighted by atomic mass is 10.6. The van der Waals surface area contributed by atoms with E-state index in [1.807, 2.05) is 19.0 Å². The Morgan fingerprint density at radius 3 is 1.89 bits per heavy atom. The van der Waals surface area contributed by atoms with Gasteiger partial charge in [0.1, 0.15) is 13.2 Å². The highest BCUT2D eigenvalue weighted by atomic mass is 16.5. The Morgan fingerprint density at radius 2 is 1.56 bits per heavy atom. The summed E-state index contributed by atoms with van der Waals surface area (Å²) in [5.41, 5.74) is 0. The van der Waals surface area contributed by atoms with Crippen molar-refractivity contribution in [1.29, 1.82) is 0 Å². The molecule has 0 aromatic rings. The van der Waals surface area contributed by atoms with Crippen molar-refractivity contribution in [1.82, 2.24) is 4.90 Å². The largest absolute Gasteiger partial charge is 0.461 e. The summed E-state index contributed by atoms with van der Waals surface area (Å²) in [4.78, 5) is 22.5. The van der Waals surface area contributed by atoms with Gasteiger partial charge in [0.15, 0.2) is 0 Å². The third kappa shape index (κ3) is 16.8. The average molecular weight is 259 g/mol. The Balaban J connectivity index is 0. The normalized spacial score (nSPS) is 8.89. The fourth-order valence-electron chi connectivity index (χ4n) is 0.593. The minimum Gasteiger partial charge on any atom is -0.461 e. The summed E-state index contributed by atoms with van der Waals surface area (Å²) in [5.74, 6) is -0.860. The van der Waals surface area contributed by atoms with Gasteiger partial charge < -0.3 is 19.5 Å². The summed E-state index contributed by atoms with van der Waals surface area (Å²) in [6.45, 7) is 7.51. The maximum Gasteiger partial charge on any atom is 0.330 e. The maximum atomic E-state index is 10.4. The number of aliphatic hydroxyl groups is 1. The first-order chi connectivity index (χ1) is 8.47. The van der Waals surface area contributed by atoms with Gasteiger partial charge in [0, 0.05) is 18.7 Å². The first-order valence-corrected chi connectivity index (χ1v) is 5.31. The molecule has 0 aliphatic carbocycles. The number of hydrogen-bond acceptors (Lipinski definition) is 6. The first kappa shape index (κ1) is 18.7. The lowest BCUT2D eigenvalue weighted by Crippen LogP contribution is -2.19. The van der Waals surface area contributed by atoms with Crippen LogP contribution in [-0.2, 0) is 19.1 Å². The number of aliphatic hydroxyl groups excluding tert-OH is 1. The van der Waals surface area contributed by atoms with Gasteiger partial charge in [0.25, 0.3) is 0 Å². The molecule has 0 aliphatic heterocycles. The van der Waals surface area contributed by atoms with E-state index in [1.54, 1.807) is 0 Å². The summed E-state index contributed by atoms with van der Waals surface area (Å²) in [6, 6.07) is 0. The van der Waals surface area contributed by atoms with Crippen LogP contribution in [0.5, 0.6) is 0 Å². The highest BCUT2D eigenvalue weighted by Crippen LogP contribution is 1.80. The average Bonchev–Trinajstić information content (AvgIpc) is 2.35. The Hall–Kier alpha value is -1.66. The van der Waals surface area contributed by atoms with Crippen LogP contribution >= 0.6 is 0 Å². The van der Waals surface area contributed by atoms with Crippen molar-refractivity contribution in [3.63, 3.8) is 0 Å². The smallest absolute Gasteiger partial charge is 0.330 e. The van der Waals surface area contributed by atoms with Gasteiger partial charge in [-0.2, -0.15) is 0 Å². The molecule has 0 spiro atoms. The summed E-state index contributed by atoms with van der Waals surface area (Å²) in [5, 5.41) is 8.10. The molecular weight excluding hydrogens is 238 g/mol. The summed E-state index contributed by atoms with van der Waals surface area (Å²) in [7, 11) is 3.84. The molecule has 1 N–H and O–H groups in total. The lowest BCUT2D eigenvalue weighted by Gasteiger charge is -2.07. The highest BCUT2D eigenvalue weighted by molar-refractivity contribution is 5.81. The Kier molecular flexibility index (Phi) is 13.9. The third-order valence-corrected chi connectivity index (χ3v) is 1.45. The quantitative estimate of drug-likeness (QED) is 0.512. The molecular formula is C12H21NO5. The van der Waals surface area contributed by atoms with Crippen molar-refractivity contribution < 1.29 is 24.2 Å². The predicted octanol–water partition coefficient (Wildman–Crippen LogP) is -0.0149. The molecule has 0 rings (SSSR count). The first-order valence-electron chi connectivity index (χ1n) is 5.31. The zero-order valence-electron chi connectivity index (χ0n) is 10.9. The van der Waals surface area contributed by atoms with Gasteiger partial charge in [-0.1, -0.05) is 13.2 Å². The number of ether oxygens (including phenoxy) is 2. The third-order valence-electron chi connectivity index (χ3n) is 1.45. The minimum absolute atomic E-state index is 0.0465. The minimum atomic E-state index is -0.501. The fourth-order valence-corrected chi connectivity index (χ4v) is 0.593. The van der Waals surface area contributed by atoms with E-state index in [9.17, 15) is 9.59 Å². The monoisotopic (exact) mass is 259 g/mol. The van der Waals surface area contributed by atoms with Crippen LogP contribution in [0.1, 0.15) is 0 Å². The van der Waals surface area contributed by atoms with Crippen molar-refractivity contribution in [3.05, 3.63) is 25.3 Å². The molecule has 0 bridgehead atoms. The van der Waals surface area contributed by atoms with Crippen LogP contribution in [-0.4, -0.2) is 62.4 Å². The summed E-state index contributed by atoms with van der Waals surface area (Å²) >= 11 is 0.